The summed E-state index contributed by atoms with van der Waals surface area (Å²) in [5.41, 5.74) is 2.10. The van der Waals surface area contributed by atoms with Crippen LogP contribution in [-0.4, -0.2) is 16.3 Å². The van der Waals surface area contributed by atoms with Crippen molar-refractivity contribution in [3.8, 4) is 5.75 Å². The molecule has 2 nitrogen and oxygen atoms in total. The summed E-state index contributed by atoms with van der Waals surface area (Å²) in [5.74, 6) is 0.682. The van der Waals surface area contributed by atoms with Crippen LogP contribution in [0.4, 0.5) is 0 Å². The van der Waals surface area contributed by atoms with Crippen molar-refractivity contribution < 1.29 is 10.2 Å². The Bertz CT molecular complexity index is 303. The minimum Gasteiger partial charge on any atom is -0.508 e. The second-order valence-corrected chi connectivity index (χ2v) is 4.14. The molecule has 1 unspecified atom stereocenters. The molecule has 0 saturated heterocycles. The second-order valence-electron chi connectivity index (χ2n) is 4.14. The maximum atomic E-state index is 9.47. The Morgan fingerprint density at radius 1 is 1.14 bits per heavy atom. The molecule has 0 amide bonds. The van der Waals surface area contributed by atoms with Crippen molar-refractivity contribution in [3.63, 3.8) is 0 Å². The van der Waals surface area contributed by atoms with Crippen LogP contribution in [-0.2, 0) is 6.42 Å². The summed E-state index contributed by atoms with van der Waals surface area (Å²) >= 11 is 0. The quantitative estimate of drug-likeness (QED) is 0.776. The van der Waals surface area contributed by atoms with Gasteiger partial charge in [-0.1, -0.05) is 19.9 Å². The van der Waals surface area contributed by atoms with Crippen molar-refractivity contribution in [2.24, 2.45) is 0 Å². The molecule has 2 heteroatoms. The van der Waals surface area contributed by atoms with Crippen molar-refractivity contribution in [1.82, 2.24) is 0 Å². The first-order valence-electron chi connectivity index (χ1n) is 5.00. The fourth-order valence-corrected chi connectivity index (χ4v) is 1.49. The highest BCUT2D eigenvalue weighted by Gasteiger charge is 2.05. The Kier molecular flexibility index (Phi) is 3.53. The van der Waals surface area contributed by atoms with Crippen molar-refractivity contribution in [1.29, 1.82) is 0 Å². The monoisotopic (exact) mass is 194 g/mol. The van der Waals surface area contributed by atoms with Gasteiger partial charge in [-0.2, -0.15) is 0 Å². The highest BCUT2D eigenvalue weighted by Crippen LogP contribution is 2.22. The third-order valence-corrected chi connectivity index (χ3v) is 2.20. The molecule has 78 valence electrons. The van der Waals surface area contributed by atoms with Crippen LogP contribution >= 0.6 is 0 Å². The first kappa shape index (κ1) is 11.1. The average molecular weight is 194 g/mol. The van der Waals surface area contributed by atoms with E-state index in [1.165, 1.54) is 0 Å². The second kappa shape index (κ2) is 4.47. The van der Waals surface area contributed by atoms with E-state index in [-0.39, 0.29) is 11.9 Å². The van der Waals surface area contributed by atoms with Crippen LogP contribution in [0.2, 0.25) is 0 Å². The van der Waals surface area contributed by atoms with Gasteiger partial charge in [-0.25, -0.2) is 0 Å². The number of hydrogen-bond donors (Lipinski definition) is 2. The Morgan fingerprint density at radius 2 is 1.79 bits per heavy atom. The van der Waals surface area contributed by atoms with Crippen LogP contribution in [0.5, 0.6) is 5.75 Å². The summed E-state index contributed by atoms with van der Waals surface area (Å²) < 4.78 is 0. The lowest BCUT2D eigenvalue weighted by atomic mass is 9.98. The smallest absolute Gasteiger partial charge is 0.116 e. The van der Waals surface area contributed by atoms with Gasteiger partial charge < -0.3 is 10.2 Å². The zero-order valence-corrected chi connectivity index (χ0v) is 8.99. The molecule has 1 atom stereocenters. The summed E-state index contributed by atoms with van der Waals surface area (Å²) in [6.07, 6.45) is 0.227. The van der Waals surface area contributed by atoms with Crippen molar-refractivity contribution in [2.75, 3.05) is 0 Å². The molecule has 14 heavy (non-hydrogen) atoms. The average Bonchev–Trinajstić information content (AvgIpc) is 2.01. The molecule has 0 aliphatic carbocycles. The Hall–Kier alpha value is -1.02. The largest absolute Gasteiger partial charge is 0.508 e. The number of aliphatic hydroxyl groups excluding tert-OH is 1. The lowest BCUT2D eigenvalue weighted by Crippen LogP contribution is -2.04. The van der Waals surface area contributed by atoms with E-state index in [0.29, 0.717) is 12.3 Å². The van der Waals surface area contributed by atoms with E-state index in [9.17, 15) is 10.2 Å². The van der Waals surface area contributed by atoms with Crippen LogP contribution in [0.25, 0.3) is 0 Å². The molecular formula is C12H18O2. The topological polar surface area (TPSA) is 40.5 Å². The predicted octanol–water partition coefficient (Wildman–Crippen LogP) is 2.44. The van der Waals surface area contributed by atoms with Gasteiger partial charge >= 0.3 is 0 Å². The van der Waals surface area contributed by atoms with Gasteiger partial charge in [-0.15, -0.1) is 0 Å². The maximum absolute atomic E-state index is 9.47. The molecule has 2 N–H and O–H groups in total. The molecule has 0 radical (unpaired) electrons. The van der Waals surface area contributed by atoms with Crippen LogP contribution in [0.15, 0.2) is 18.2 Å². The van der Waals surface area contributed by atoms with E-state index in [1.807, 2.05) is 6.07 Å². The van der Waals surface area contributed by atoms with E-state index in [2.05, 4.69) is 13.8 Å². The summed E-state index contributed by atoms with van der Waals surface area (Å²) in [5, 5.41) is 18.7. The van der Waals surface area contributed by atoms with Gasteiger partial charge in [0, 0.05) is 0 Å². The molecule has 1 aromatic rings. The number of hydrogen-bond acceptors (Lipinski definition) is 2. The number of phenolic OH excluding ortho intramolecular Hbond substituents is 1. The van der Waals surface area contributed by atoms with Crippen LogP contribution in [0.3, 0.4) is 0 Å². The summed E-state index contributed by atoms with van der Waals surface area (Å²) in [6, 6.07) is 5.52. The van der Waals surface area contributed by atoms with Gasteiger partial charge in [0.15, 0.2) is 0 Å². The Morgan fingerprint density at radius 3 is 2.29 bits per heavy atom. The number of aliphatic hydroxyl groups is 1. The molecule has 0 aliphatic rings. The van der Waals surface area contributed by atoms with Crippen LogP contribution in [0.1, 0.15) is 37.8 Å². The third-order valence-electron chi connectivity index (χ3n) is 2.20. The SMILES string of the molecule is CC(O)Cc1cc(O)cc(C(C)C)c1. The van der Waals surface area contributed by atoms with Gasteiger partial charge in [0.1, 0.15) is 5.75 Å². The number of rotatable bonds is 3. The first-order valence-corrected chi connectivity index (χ1v) is 5.00. The summed E-state index contributed by atoms with van der Waals surface area (Å²) in [7, 11) is 0. The lowest BCUT2D eigenvalue weighted by molar-refractivity contribution is 0.195. The highest BCUT2D eigenvalue weighted by molar-refractivity contribution is 5.35. The Labute approximate surface area is 85.2 Å². The molecule has 0 bridgehead atoms. The highest BCUT2D eigenvalue weighted by atomic mass is 16.3. The molecule has 0 aliphatic heterocycles. The Balaban J connectivity index is 2.95. The normalized spacial score (nSPS) is 13.2. The van der Waals surface area contributed by atoms with Crippen LogP contribution in [0, 0.1) is 0 Å². The molecule has 1 aromatic carbocycles. The number of benzene rings is 1. The summed E-state index contributed by atoms with van der Waals surface area (Å²) in [6.45, 7) is 5.92. The van der Waals surface area contributed by atoms with Gasteiger partial charge in [0.25, 0.3) is 0 Å². The van der Waals surface area contributed by atoms with Crippen LogP contribution < -0.4 is 0 Å². The minimum atomic E-state index is -0.364. The van der Waals surface area contributed by atoms with E-state index in [0.717, 1.165) is 11.1 Å². The molecule has 0 fully saturated rings. The van der Waals surface area contributed by atoms with Crippen molar-refractivity contribution in [3.05, 3.63) is 29.3 Å². The lowest BCUT2D eigenvalue weighted by Gasteiger charge is -2.10. The molecule has 0 aromatic heterocycles. The standard InChI is InChI=1S/C12H18O2/c1-8(2)11-5-10(4-9(3)13)6-12(14)7-11/h5-9,13-14H,4H2,1-3H3. The molecule has 0 saturated carbocycles. The molecule has 0 spiro atoms. The van der Waals surface area contributed by atoms with E-state index < -0.39 is 0 Å². The van der Waals surface area contributed by atoms with Gasteiger partial charge in [0.05, 0.1) is 6.10 Å². The van der Waals surface area contributed by atoms with Gasteiger partial charge in [-0.05, 0) is 42.5 Å². The van der Waals surface area contributed by atoms with Crippen molar-refractivity contribution >= 4 is 0 Å². The zero-order valence-electron chi connectivity index (χ0n) is 8.99. The number of phenols is 1. The third kappa shape index (κ3) is 3.04. The molecular weight excluding hydrogens is 176 g/mol. The zero-order chi connectivity index (χ0) is 10.7. The first-order chi connectivity index (χ1) is 6.49. The number of aromatic hydroxyl groups is 1. The fraction of sp³-hybridized carbons (Fsp3) is 0.500. The van der Waals surface area contributed by atoms with E-state index in [4.69, 9.17) is 0 Å². The molecule has 1 rings (SSSR count). The minimum absolute atomic E-state index is 0.284. The fourth-order valence-electron chi connectivity index (χ4n) is 1.49. The predicted molar refractivity (Wildman–Crippen MR) is 57.6 cm³/mol. The van der Waals surface area contributed by atoms with Gasteiger partial charge in [0.2, 0.25) is 0 Å². The van der Waals surface area contributed by atoms with Gasteiger partial charge in [-0.3, -0.25) is 0 Å². The van der Waals surface area contributed by atoms with E-state index in [1.54, 1.807) is 19.1 Å². The summed E-state index contributed by atoms with van der Waals surface area (Å²) in [4.78, 5) is 0. The molecule has 0 heterocycles. The van der Waals surface area contributed by atoms with Crippen molar-refractivity contribution in [2.45, 2.75) is 39.2 Å². The maximum Gasteiger partial charge on any atom is 0.116 e. The van der Waals surface area contributed by atoms with E-state index >= 15 is 0 Å².